The number of carbonyl (C=O) groups is 1. The van der Waals surface area contributed by atoms with E-state index in [4.69, 9.17) is 0 Å². The van der Waals surface area contributed by atoms with Crippen LogP contribution in [0, 0.1) is 0 Å². The van der Waals surface area contributed by atoms with E-state index in [1.165, 1.54) is 5.56 Å². The lowest BCUT2D eigenvalue weighted by molar-refractivity contribution is -0.104. The third-order valence-corrected chi connectivity index (χ3v) is 6.49. The highest BCUT2D eigenvalue weighted by Crippen LogP contribution is 2.37. The van der Waals surface area contributed by atoms with E-state index < -0.39 is 0 Å². The van der Waals surface area contributed by atoms with Crippen LogP contribution in [0.3, 0.4) is 0 Å². The first kappa shape index (κ1) is 20.3. The van der Waals surface area contributed by atoms with Crippen LogP contribution >= 0.6 is 0 Å². The van der Waals surface area contributed by atoms with Gasteiger partial charge < -0.3 is 19.8 Å². The number of rotatable bonds is 4. The van der Waals surface area contributed by atoms with Gasteiger partial charge in [-0.05, 0) is 30.9 Å². The SMILES string of the molecule is CC1Cc2c(ncnc2N2CCN(C=CC=O)CC2)CN1c1cc(O)cc2ccccc12. The minimum absolute atomic E-state index is 0.245. The number of phenols is 1. The van der Waals surface area contributed by atoms with Crippen LogP contribution in [0.2, 0.25) is 0 Å². The zero-order valence-corrected chi connectivity index (χ0v) is 18.2. The van der Waals surface area contributed by atoms with Crippen molar-refractivity contribution in [2.24, 2.45) is 0 Å². The standard InChI is InChI=1S/C25H27N5O2/c1-18-13-22-23(16-30(18)24-15-20(32)14-19-5-2-3-6-21(19)24)26-17-27-25(22)29-10-8-28(9-11-29)7-4-12-31/h2-7,12,14-15,17-18,32H,8-11,13,16H2,1H3. The number of benzene rings is 2. The molecule has 0 amide bonds. The normalized spacial score (nSPS) is 18.9. The predicted molar refractivity (Wildman–Crippen MR) is 126 cm³/mol. The summed E-state index contributed by atoms with van der Waals surface area (Å²) < 4.78 is 0. The summed E-state index contributed by atoms with van der Waals surface area (Å²) in [5.74, 6) is 1.31. The number of phenolic OH excluding ortho intramolecular Hbond substituents is 1. The molecule has 3 aromatic rings. The summed E-state index contributed by atoms with van der Waals surface area (Å²) in [4.78, 5) is 26.7. The molecule has 5 rings (SSSR count). The average Bonchev–Trinajstić information content (AvgIpc) is 2.82. The third-order valence-electron chi connectivity index (χ3n) is 6.49. The Kier molecular flexibility index (Phi) is 5.39. The number of carbonyl (C=O) groups excluding carboxylic acids is 1. The third kappa shape index (κ3) is 3.75. The molecule has 1 atom stereocenters. The molecule has 0 radical (unpaired) electrons. The van der Waals surface area contributed by atoms with E-state index in [-0.39, 0.29) is 11.8 Å². The summed E-state index contributed by atoms with van der Waals surface area (Å²) in [7, 11) is 0. The Bertz CT molecular complexity index is 1170. The molecule has 0 aliphatic carbocycles. The lowest BCUT2D eigenvalue weighted by atomic mass is 9.96. The van der Waals surface area contributed by atoms with Gasteiger partial charge in [-0.1, -0.05) is 24.3 Å². The predicted octanol–water partition coefficient (Wildman–Crippen LogP) is 3.12. The molecule has 1 unspecified atom stereocenters. The summed E-state index contributed by atoms with van der Waals surface area (Å²) in [6.45, 7) is 6.35. The van der Waals surface area contributed by atoms with Crippen molar-refractivity contribution in [3.8, 4) is 5.75 Å². The zero-order valence-electron chi connectivity index (χ0n) is 18.2. The second-order valence-corrected chi connectivity index (χ2v) is 8.49. The van der Waals surface area contributed by atoms with Crippen LogP contribution in [0.4, 0.5) is 11.5 Å². The van der Waals surface area contributed by atoms with Gasteiger partial charge in [0, 0.05) is 61.1 Å². The van der Waals surface area contributed by atoms with E-state index in [0.717, 1.165) is 66.9 Å². The monoisotopic (exact) mass is 429 g/mol. The molecule has 0 bridgehead atoms. The van der Waals surface area contributed by atoms with Crippen molar-refractivity contribution in [3.05, 3.63) is 66.3 Å². The maximum Gasteiger partial charge on any atom is 0.144 e. The number of aldehydes is 1. The van der Waals surface area contributed by atoms with Gasteiger partial charge in [-0.15, -0.1) is 0 Å². The van der Waals surface area contributed by atoms with Crippen LogP contribution in [0.1, 0.15) is 18.2 Å². The molecule has 1 aromatic heterocycles. The number of nitrogens with zero attached hydrogens (tertiary/aromatic N) is 5. The molecule has 1 fully saturated rings. The summed E-state index contributed by atoms with van der Waals surface area (Å²) in [5, 5.41) is 12.5. The quantitative estimate of drug-likeness (QED) is 0.505. The van der Waals surface area contributed by atoms with Crippen LogP contribution in [0.15, 0.2) is 55.0 Å². The van der Waals surface area contributed by atoms with Gasteiger partial charge >= 0.3 is 0 Å². The molecule has 7 heteroatoms. The van der Waals surface area contributed by atoms with Gasteiger partial charge in [0.15, 0.2) is 0 Å². The van der Waals surface area contributed by atoms with Crippen molar-refractivity contribution in [1.29, 1.82) is 0 Å². The largest absolute Gasteiger partial charge is 0.508 e. The molecule has 7 nitrogen and oxygen atoms in total. The fourth-order valence-corrected chi connectivity index (χ4v) is 4.85. The zero-order chi connectivity index (χ0) is 22.1. The number of allylic oxidation sites excluding steroid dienone is 1. The molecule has 1 saturated heterocycles. The van der Waals surface area contributed by atoms with Gasteiger partial charge in [0.05, 0.1) is 12.2 Å². The molecule has 1 N–H and O–H groups in total. The molecular formula is C25H27N5O2. The lowest BCUT2D eigenvalue weighted by Crippen LogP contribution is -2.46. The van der Waals surface area contributed by atoms with Crippen molar-refractivity contribution >= 4 is 28.6 Å². The first-order valence-corrected chi connectivity index (χ1v) is 11.1. The maximum absolute atomic E-state index is 10.6. The molecule has 0 saturated carbocycles. The Morgan fingerprint density at radius 1 is 1.09 bits per heavy atom. The van der Waals surface area contributed by atoms with Crippen molar-refractivity contribution in [2.45, 2.75) is 25.9 Å². The number of hydrogen-bond donors (Lipinski definition) is 1. The minimum atomic E-state index is 0.245. The Morgan fingerprint density at radius 3 is 2.72 bits per heavy atom. The Morgan fingerprint density at radius 2 is 1.91 bits per heavy atom. The second-order valence-electron chi connectivity index (χ2n) is 8.49. The topological polar surface area (TPSA) is 72.8 Å². The van der Waals surface area contributed by atoms with E-state index in [0.29, 0.717) is 6.54 Å². The van der Waals surface area contributed by atoms with Gasteiger partial charge in [0.25, 0.3) is 0 Å². The van der Waals surface area contributed by atoms with E-state index in [9.17, 15) is 9.90 Å². The number of aromatic nitrogens is 2. The number of aromatic hydroxyl groups is 1. The van der Waals surface area contributed by atoms with Crippen LogP contribution in [0.5, 0.6) is 5.75 Å². The summed E-state index contributed by atoms with van der Waals surface area (Å²) >= 11 is 0. The van der Waals surface area contributed by atoms with Crippen molar-refractivity contribution in [2.75, 3.05) is 36.0 Å². The smallest absolute Gasteiger partial charge is 0.144 e. The van der Waals surface area contributed by atoms with Crippen LogP contribution in [-0.2, 0) is 17.8 Å². The fourth-order valence-electron chi connectivity index (χ4n) is 4.85. The van der Waals surface area contributed by atoms with Crippen molar-refractivity contribution < 1.29 is 9.90 Å². The molecule has 0 spiro atoms. The highest BCUT2D eigenvalue weighted by atomic mass is 16.3. The van der Waals surface area contributed by atoms with E-state index >= 15 is 0 Å². The molecule has 164 valence electrons. The fraction of sp³-hybridized carbons (Fsp3) is 0.320. The molecule has 3 heterocycles. The summed E-state index contributed by atoms with van der Waals surface area (Å²) in [6.07, 6.45) is 6.74. The second kappa shape index (κ2) is 8.49. The van der Waals surface area contributed by atoms with Crippen molar-refractivity contribution in [3.63, 3.8) is 0 Å². The van der Waals surface area contributed by atoms with Gasteiger partial charge in [0.2, 0.25) is 0 Å². The highest BCUT2D eigenvalue weighted by molar-refractivity contribution is 5.95. The Balaban J connectivity index is 1.43. The van der Waals surface area contributed by atoms with Crippen LogP contribution in [-0.4, -0.2) is 58.5 Å². The van der Waals surface area contributed by atoms with Gasteiger partial charge in [0.1, 0.15) is 24.2 Å². The molecule has 2 aromatic carbocycles. The number of fused-ring (bicyclic) bond motifs is 2. The molecule has 32 heavy (non-hydrogen) atoms. The average molecular weight is 430 g/mol. The number of anilines is 2. The van der Waals surface area contributed by atoms with Crippen LogP contribution in [0.25, 0.3) is 10.8 Å². The van der Waals surface area contributed by atoms with Crippen LogP contribution < -0.4 is 9.80 Å². The van der Waals surface area contributed by atoms with Gasteiger partial charge in [-0.2, -0.15) is 0 Å². The number of hydrogen-bond acceptors (Lipinski definition) is 7. The first-order valence-electron chi connectivity index (χ1n) is 11.1. The Labute approximate surface area is 187 Å². The van der Waals surface area contributed by atoms with E-state index in [2.05, 4.69) is 37.7 Å². The van der Waals surface area contributed by atoms with Gasteiger partial charge in [-0.3, -0.25) is 4.79 Å². The summed E-state index contributed by atoms with van der Waals surface area (Å²) in [5.41, 5.74) is 3.30. The van der Waals surface area contributed by atoms with Gasteiger partial charge in [-0.25, -0.2) is 9.97 Å². The maximum atomic E-state index is 10.6. The first-order chi connectivity index (χ1) is 15.6. The highest BCUT2D eigenvalue weighted by Gasteiger charge is 2.30. The molecule has 2 aliphatic rings. The molecular weight excluding hydrogens is 402 g/mol. The molecule has 2 aliphatic heterocycles. The van der Waals surface area contributed by atoms with Crippen molar-refractivity contribution in [1.82, 2.24) is 14.9 Å². The van der Waals surface area contributed by atoms with E-state index in [1.54, 1.807) is 12.4 Å². The summed E-state index contributed by atoms with van der Waals surface area (Å²) in [6, 6.07) is 12.1. The number of piperazine rings is 1. The van der Waals surface area contributed by atoms with E-state index in [1.807, 2.05) is 36.5 Å². The lowest BCUT2D eigenvalue weighted by Gasteiger charge is -2.40. The minimum Gasteiger partial charge on any atom is -0.508 e. The Hall–Kier alpha value is -3.61.